The predicted molar refractivity (Wildman–Crippen MR) is 105 cm³/mol. The van der Waals surface area contributed by atoms with Crippen LogP contribution >= 0.6 is 0 Å². The molecule has 0 fully saturated rings. The maximum Gasteiger partial charge on any atom is 0.200 e. The fraction of sp³-hybridized carbons (Fsp3) is 0.727. The molecule has 0 aliphatic rings. The quantitative estimate of drug-likeness (QED) is 0.163. The van der Waals surface area contributed by atoms with Crippen LogP contribution in [0.25, 0.3) is 0 Å². The molecule has 0 bridgehead atoms. The van der Waals surface area contributed by atoms with Crippen LogP contribution in [0.2, 0.25) is 0 Å². The summed E-state index contributed by atoms with van der Waals surface area (Å²) in [6.07, 6.45) is 11.1. The summed E-state index contributed by atoms with van der Waals surface area (Å²) in [5.74, 6) is -13.6. The topological polar surface area (TPSA) is 23.1 Å². The molecule has 0 unspecified atom stereocenters. The van der Waals surface area contributed by atoms with Crippen molar-refractivity contribution >= 4 is 0 Å². The number of unbranched alkanes of at least 4 members (excludes halogenated alkanes) is 4. The Labute approximate surface area is 172 Å². The van der Waals surface area contributed by atoms with Crippen molar-refractivity contribution in [2.24, 2.45) is 0 Å². The number of hydrogen-bond acceptors (Lipinski definition) is 1. The Kier molecular flexibility index (Phi) is 13.9. The van der Waals surface area contributed by atoms with Gasteiger partial charge in [-0.15, -0.1) is 0 Å². The predicted octanol–water partition coefficient (Wildman–Crippen LogP) is 6.46. The molecule has 1 aromatic rings. The Morgan fingerprint density at radius 2 is 0.759 bits per heavy atom. The van der Waals surface area contributed by atoms with E-state index in [0.717, 1.165) is 0 Å². The molecule has 7 heteroatoms. The van der Waals surface area contributed by atoms with E-state index >= 15 is 0 Å². The third-order valence-corrected chi connectivity index (χ3v) is 5.11. The van der Waals surface area contributed by atoms with E-state index in [9.17, 15) is 27.1 Å². The van der Waals surface area contributed by atoms with Gasteiger partial charge in [0.25, 0.3) is 0 Å². The molecule has 0 radical (unpaired) electrons. The first-order valence-corrected chi connectivity index (χ1v) is 10.7. The second kappa shape index (κ2) is 14.6. The molecule has 1 rings (SSSR count). The number of halogens is 5. The summed E-state index contributed by atoms with van der Waals surface area (Å²) >= 11 is 0. The number of benzene rings is 1. The highest BCUT2D eigenvalue weighted by Gasteiger charge is 2.24. The van der Waals surface area contributed by atoms with Gasteiger partial charge in [0.05, 0.1) is 26.2 Å². The molecule has 1 aromatic carbocycles. The van der Waals surface area contributed by atoms with E-state index in [2.05, 4.69) is 27.7 Å². The van der Waals surface area contributed by atoms with Gasteiger partial charge in [0.1, 0.15) is 0 Å². The summed E-state index contributed by atoms with van der Waals surface area (Å²) in [6, 6.07) is 0. The van der Waals surface area contributed by atoms with E-state index in [-0.39, 0.29) is 0 Å². The second-order valence-corrected chi connectivity index (χ2v) is 7.55. The highest BCUT2D eigenvalue weighted by Crippen LogP contribution is 2.25. The Hall–Kier alpha value is -1.37. The first-order valence-electron chi connectivity index (χ1n) is 10.7. The van der Waals surface area contributed by atoms with Crippen molar-refractivity contribution in [2.75, 3.05) is 26.2 Å². The van der Waals surface area contributed by atoms with Crippen LogP contribution < -0.4 is 5.11 Å². The largest absolute Gasteiger partial charge is 0.868 e. The van der Waals surface area contributed by atoms with Crippen LogP contribution in [-0.4, -0.2) is 30.7 Å². The van der Waals surface area contributed by atoms with Crippen molar-refractivity contribution in [3.05, 3.63) is 29.1 Å². The molecule has 0 saturated heterocycles. The van der Waals surface area contributed by atoms with Crippen molar-refractivity contribution in [1.82, 2.24) is 0 Å². The minimum absolute atomic E-state index is 1.35. The van der Waals surface area contributed by atoms with E-state index in [1.807, 2.05) is 0 Å². The van der Waals surface area contributed by atoms with Gasteiger partial charge in [0, 0.05) is 0 Å². The lowest BCUT2D eigenvalue weighted by Gasteiger charge is -2.39. The van der Waals surface area contributed by atoms with Crippen LogP contribution in [0.3, 0.4) is 0 Å². The molecule has 2 nitrogen and oxygen atoms in total. The zero-order valence-electron chi connectivity index (χ0n) is 18.2. The minimum atomic E-state index is -2.33. The monoisotopic (exact) mass is 425 g/mol. The third kappa shape index (κ3) is 8.89. The van der Waals surface area contributed by atoms with Gasteiger partial charge < -0.3 is 9.59 Å². The summed E-state index contributed by atoms with van der Waals surface area (Å²) in [6.45, 7) is 15.0. The normalized spacial score (nSPS) is 11.3. The molecule has 0 aliphatic heterocycles. The van der Waals surface area contributed by atoms with Crippen LogP contribution in [0.15, 0.2) is 0 Å². The lowest BCUT2D eigenvalue weighted by molar-refractivity contribution is -0.929. The maximum absolute atomic E-state index is 12.1. The first kappa shape index (κ1) is 27.6. The molecule has 0 heterocycles. The molecule has 0 N–H and O–H groups in total. The van der Waals surface area contributed by atoms with Crippen molar-refractivity contribution in [1.29, 1.82) is 0 Å². The number of nitrogens with zero attached hydrogens (tertiary/aromatic N) is 1. The Balaban J connectivity index is 0.000000571. The zero-order valence-corrected chi connectivity index (χ0v) is 18.2. The van der Waals surface area contributed by atoms with Crippen LogP contribution in [-0.2, 0) is 0 Å². The SMILES string of the molecule is CCCC[N+](CCCC)(CCCC)CCCC.[O-]c1c(F)c(F)c(F)c(F)c1F. The van der Waals surface area contributed by atoms with Crippen LogP contribution in [0.5, 0.6) is 5.75 Å². The van der Waals surface area contributed by atoms with Gasteiger partial charge in [0.15, 0.2) is 29.1 Å². The average molecular weight is 426 g/mol. The number of rotatable bonds is 12. The summed E-state index contributed by atoms with van der Waals surface area (Å²) in [4.78, 5) is 0. The Morgan fingerprint density at radius 3 is 1.00 bits per heavy atom. The Morgan fingerprint density at radius 1 is 0.517 bits per heavy atom. The van der Waals surface area contributed by atoms with Gasteiger partial charge >= 0.3 is 0 Å². The highest BCUT2D eigenvalue weighted by atomic mass is 19.2. The number of quaternary nitrogens is 1. The van der Waals surface area contributed by atoms with E-state index < -0.39 is 34.8 Å². The smallest absolute Gasteiger partial charge is 0.200 e. The van der Waals surface area contributed by atoms with Crippen molar-refractivity contribution in [3.63, 3.8) is 0 Å². The van der Waals surface area contributed by atoms with Crippen molar-refractivity contribution in [3.8, 4) is 5.75 Å². The fourth-order valence-corrected chi connectivity index (χ4v) is 3.23. The molecule has 0 saturated carbocycles. The lowest BCUT2D eigenvalue weighted by Crippen LogP contribution is -2.50. The molecule has 0 atom stereocenters. The lowest BCUT2D eigenvalue weighted by atomic mass is 10.1. The molecule has 170 valence electrons. The molecule has 0 amide bonds. The maximum atomic E-state index is 12.1. The van der Waals surface area contributed by atoms with Crippen LogP contribution in [0.1, 0.15) is 79.1 Å². The summed E-state index contributed by atoms with van der Waals surface area (Å²) in [5.41, 5.74) is 0. The molecular formula is C22H36F5NO. The van der Waals surface area contributed by atoms with Gasteiger partial charge in [0.2, 0.25) is 0 Å². The van der Waals surface area contributed by atoms with Crippen molar-refractivity contribution in [2.45, 2.75) is 79.1 Å². The first-order chi connectivity index (χ1) is 13.7. The van der Waals surface area contributed by atoms with Gasteiger partial charge in [-0.05, 0) is 31.4 Å². The average Bonchev–Trinajstić information content (AvgIpc) is 2.74. The zero-order chi connectivity index (χ0) is 22.4. The molecule has 29 heavy (non-hydrogen) atoms. The summed E-state index contributed by atoms with van der Waals surface area (Å²) < 4.78 is 61.8. The third-order valence-electron chi connectivity index (χ3n) is 5.11. The summed E-state index contributed by atoms with van der Waals surface area (Å²) in [5, 5.41) is 10.2. The molecular weight excluding hydrogens is 389 g/mol. The molecule has 0 aliphatic carbocycles. The van der Waals surface area contributed by atoms with E-state index in [0.29, 0.717) is 0 Å². The van der Waals surface area contributed by atoms with Gasteiger partial charge in [-0.3, -0.25) is 0 Å². The van der Waals surface area contributed by atoms with Crippen LogP contribution in [0.4, 0.5) is 22.0 Å². The summed E-state index contributed by atoms with van der Waals surface area (Å²) in [7, 11) is 0. The fourth-order valence-electron chi connectivity index (χ4n) is 3.23. The standard InChI is InChI=1S/C16H36N.C6HF5O/c1-5-9-13-17(14-10-6-2,15-11-7-3)16-12-8-4;7-1-2(8)4(10)6(12)5(11)3(1)9/h5-16H2,1-4H3;12H/q+1;/p-1. The van der Waals surface area contributed by atoms with E-state index in [1.165, 1.54) is 82.0 Å². The number of hydrogen-bond donors (Lipinski definition) is 0. The van der Waals surface area contributed by atoms with Crippen molar-refractivity contribution < 1.29 is 31.5 Å². The van der Waals surface area contributed by atoms with E-state index in [1.54, 1.807) is 0 Å². The highest BCUT2D eigenvalue weighted by molar-refractivity contribution is 5.26. The Bertz CT molecular complexity index is 453. The van der Waals surface area contributed by atoms with E-state index in [4.69, 9.17) is 0 Å². The second-order valence-electron chi connectivity index (χ2n) is 7.55. The van der Waals surface area contributed by atoms with Gasteiger partial charge in [-0.1, -0.05) is 53.4 Å². The van der Waals surface area contributed by atoms with Crippen LogP contribution in [0, 0.1) is 29.1 Å². The molecule has 0 spiro atoms. The minimum Gasteiger partial charge on any atom is -0.868 e. The van der Waals surface area contributed by atoms with Gasteiger partial charge in [-0.2, -0.15) is 0 Å². The molecule has 0 aromatic heterocycles. The van der Waals surface area contributed by atoms with Gasteiger partial charge in [-0.25, -0.2) is 22.0 Å².